The molecule has 0 aliphatic carbocycles. The third-order valence-electron chi connectivity index (χ3n) is 6.08. The van der Waals surface area contributed by atoms with Crippen molar-refractivity contribution < 1.29 is 31.2 Å². The number of carbonyl (C=O) groups is 2. The highest BCUT2D eigenvalue weighted by molar-refractivity contribution is 7.88. The Morgan fingerprint density at radius 2 is 1.86 bits per heavy atom. The van der Waals surface area contributed by atoms with Crippen LogP contribution in [0.5, 0.6) is 0 Å². The standard InChI is InChI=1S/C25H31F3N4O4S/c1-16(2)10-22(24(33)30-14-17-6-5-8-29-13-17)31-25(34)23-7-3-4-9-32(23)37(35,36)15-19-20(27)11-18(26)12-21(19)28/h5-6,8,11-13,16,22-23H,3-4,7,9-10,14-15H2,1-2H3,(H,30,33)(H,31,34). The SMILES string of the molecule is CC(C)CC(NC(=O)C1CCCCN1S(=O)(=O)Cc1c(F)cc(F)cc1F)C(=O)NCc1cccnc1. The molecule has 2 unspecified atom stereocenters. The maximum atomic E-state index is 14.2. The van der Waals surface area contributed by atoms with E-state index >= 15 is 0 Å². The molecule has 1 saturated heterocycles. The lowest BCUT2D eigenvalue weighted by Crippen LogP contribution is -2.56. The van der Waals surface area contributed by atoms with Gasteiger partial charge in [-0.05, 0) is 36.8 Å². The maximum Gasteiger partial charge on any atom is 0.242 e. The van der Waals surface area contributed by atoms with E-state index in [0.717, 1.165) is 9.87 Å². The molecule has 8 nitrogen and oxygen atoms in total. The third-order valence-corrected chi connectivity index (χ3v) is 7.88. The first-order chi connectivity index (χ1) is 17.5. The summed E-state index contributed by atoms with van der Waals surface area (Å²) < 4.78 is 68.8. The normalized spacial score (nSPS) is 17.4. The molecule has 0 radical (unpaired) electrons. The first-order valence-corrected chi connectivity index (χ1v) is 13.7. The highest BCUT2D eigenvalue weighted by Crippen LogP contribution is 2.26. The molecule has 2 heterocycles. The van der Waals surface area contributed by atoms with Crippen LogP contribution in [0.2, 0.25) is 0 Å². The van der Waals surface area contributed by atoms with E-state index in [4.69, 9.17) is 0 Å². The molecule has 0 spiro atoms. The van der Waals surface area contributed by atoms with Crippen LogP contribution in [0.1, 0.15) is 50.7 Å². The number of pyridine rings is 1. The quantitative estimate of drug-likeness (QED) is 0.482. The summed E-state index contributed by atoms with van der Waals surface area (Å²) in [6, 6.07) is 2.29. The fourth-order valence-corrected chi connectivity index (χ4v) is 6.06. The van der Waals surface area contributed by atoms with Crippen LogP contribution in [-0.4, -0.2) is 48.1 Å². The van der Waals surface area contributed by atoms with Crippen LogP contribution in [0.15, 0.2) is 36.7 Å². The summed E-state index contributed by atoms with van der Waals surface area (Å²) in [5.41, 5.74) is -0.0196. The second kappa shape index (κ2) is 12.5. The van der Waals surface area contributed by atoms with Gasteiger partial charge in [0.05, 0.1) is 5.75 Å². The largest absolute Gasteiger partial charge is 0.350 e. The van der Waals surface area contributed by atoms with Crippen molar-refractivity contribution in [2.24, 2.45) is 5.92 Å². The number of nitrogens with zero attached hydrogens (tertiary/aromatic N) is 2. The predicted octanol–water partition coefficient (Wildman–Crippen LogP) is 3.03. The average molecular weight is 541 g/mol. The maximum absolute atomic E-state index is 14.2. The molecule has 1 fully saturated rings. The summed E-state index contributed by atoms with van der Waals surface area (Å²) in [7, 11) is -4.35. The molecule has 1 aromatic heterocycles. The van der Waals surface area contributed by atoms with Crippen molar-refractivity contribution in [3.8, 4) is 0 Å². The van der Waals surface area contributed by atoms with Crippen LogP contribution >= 0.6 is 0 Å². The molecule has 37 heavy (non-hydrogen) atoms. The molecule has 202 valence electrons. The molecule has 0 saturated carbocycles. The lowest BCUT2D eigenvalue weighted by atomic mass is 10.0. The van der Waals surface area contributed by atoms with E-state index in [2.05, 4.69) is 15.6 Å². The van der Waals surface area contributed by atoms with Crippen LogP contribution < -0.4 is 10.6 Å². The van der Waals surface area contributed by atoms with Gasteiger partial charge < -0.3 is 10.6 Å². The molecular formula is C25H31F3N4O4S. The zero-order valence-corrected chi connectivity index (χ0v) is 21.5. The number of hydrogen-bond donors (Lipinski definition) is 2. The summed E-state index contributed by atoms with van der Waals surface area (Å²) in [6.07, 6.45) is 4.73. The molecule has 1 aromatic carbocycles. The van der Waals surface area contributed by atoms with Gasteiger partial charge in [0.25, 0.3) is 0 Å². The Morgan fingerprint density at radius 1 is 1.16 bits per heavy atom. The molecule has 2 atom stereocenters. The fraction of sp³-hybridized carbons (Fsp3) is 0.480. The van der Waals surface area contributed by atoms with Crippen molar-refractivity contribution >= 4 is 21.8 Å². The Kier molecular flexibility index (Phi) is 9.66. The van der Waals surface area contributed by atoms with Gasteiger partial charge in [-0.3, -0.25) is 14.6 Å². The summed E-state index contributed by atoms with van der Waals surface area (Å²) in [5, 5.41) is 5.44. The van der Waals surface area contributed by atoms with Crippen molar-refractivity contribution in [3.05, 3.63) is 65.2 Å². The Hall–Kier alpha value is -2.99. The second-order valence-electron chi connectivity index (χ2n) is 9.50. The number of halogens is 3. The zero-order chi connectivity index (χ0) is 27.2. The first kappa shape index (κ1) is 28.6. The lowest BCUT2D eigenvalue weighted by Gasteiger charge is -2.34. The highest BCUT2D eigenvalue weighted by Gasteiger charge is 2.39. The number of piperidine rings is 1. The Bertz CT molecular complexity index is 1190. The summed E-state index contributed by atoms with van der Waals surface area (Å²) >= 11 is 0. The molecule has 2 aromatic rings. The Morgan fingerprint density at radius 3 is 2.49 bits per heavy atom. The van der Waals surface area contributed by atoms with Gasteiger partial charge in [0, 0.05) is 43.2 Å². The van der Waals surface area contributed by atoms with Gasteiger partial charge >= 0.3 is 0 Å². The van der Waals surface area contributed by atoms with Crippen LogP contribution in [0.4, 0.5) is 13.2 Å². The molecule has 2 N–H and O–H groups in total. The van der Waals surface area contributed by atoms with Gasteiger partial charge in [-0.15, -0.1) is 0 Å². The van der Waals surface area contributed by atoms with Gasteiger partial charge in [0.15, 0.2) is 0 Å². The van der Waals surface area contributed by atoms with Crippen molar-refractivity contribution in [2.75, 3.05) is 6.54 Å². The molecule has 1 aliphatic heterocycles. The highest BCUT2D eigenvalue weighted by atomic mass is 32.2. The minimum absolute atomic E-state index is 0.0209. The first-order valence-electron chi connectivity index (χ1n) is 12.1. The van der Waals surface area contributed by atoms with E-state index in [1.807, 2.05) is 13.8 Å². The fourth-order valence-electron chi connectivity index (χ4n) is 4.26. The summed E-state index contributed by atoms with van der Waals surface area (Å²) in [5.74, 6) is -5.90. The predicted molar refractivity (Wildman–Crippen MR) is 131 cm³/mol. The number of rotatable bonds is 10. The van der Waals surface area contributed by atoms with Crippen molar-refractivity contribution in [3.63, 3.8) is 0 Å². The van der Waals surface area contributed by atoms with E-state index in [1.165, 1.54) is 0 Å². The molecule has 0 bridgehead atoms. The van der Waals surface area contributed by atoms with E-state index in [9.17, 15) is 31.2 Å². The Balaban J connectivity index is 1.75. The number of hydrogen-bond acceptors (Lipinski definition) is 5. The van der Waals surface area contributed by atoms with Crippen LogP contribution in [-0.2, 0) is 31.9 Å². The van der Waals surface area contributed by atoms with Crippen molar-refractivity contribution in [1.82, 2.24) is 19.9 Å². The topological polar surface area (TPSA) is 108 Å². The molecule has 1 aliphatic rings. The molecule has 2 amide bonds. The molecule has 12 heteroatoms. The lowest BCUT2D eigenvalue weighted by molar-refractivity contribution is -0.132. The number of carbonyl (C=O) groups excluding carboxylic acids is 2. The number of amides is 2. The van der Waals surface area contributed by atoms with Crippen molar-refractivity contribution in [1.29, 1.82) is 0 Å². The van der Waals surface area contributed by atoms with Gasteiger partial charge in [-0.1, -0.05) is 26.3 Å². The van der Waals surface area contributed by atoms with Crippen LogP contribution in [0.3, 0.4) is 0 Å². The average Bonchev–Trinajstić information content (AvgIpc) is 2.84. The van der Waals surface area contributed by atoms with Crippen molar-refractivity contribution in [2.45, 2.75) is 63.9 Å². The minimum atomic E-state index is -4.35. The zero-order valence-electron chi connectivity index (χ0n) is 20.7. The van der Waals surface area contributed by atoms with E-state index < -0.39 is 62.7 Å². The molecule has 3 rings (SSSR count). The number of benzene rings is 1. The van der Waals surface area contributed by atoms with Crippen LogP contribution in [0, 0.1) is 23.4 Å². The van der Waals surface area contributed by atoms with Gasteiger partial charge in [0.2, 0.25) is 21.8 Å². The van der Waals surface area contributed by atoms with Gasteiger partial charge in [-0.2, -0.15) is 4.31 Å². The van der Waals surface area contributed by atoms with Gasteiger partial charge in [0.1, 0.15) is 29.5 Å². The minimum Gasteiger partial charge on any atom is -0.350 e. The van der Waals surface area contributed by atoms with Crippen LogP contribution in [0.25, 0.3) is 0 Å². The van der Waals surface area contributed by atoms with Gasteiger partial charge in [-0.25, -0.2) is 21.6 Å². The third kappa shape index (κ3) is 7.75. The monoisotopic (exact) mass is 540 g/mol. The van der Waals surface area contributed by atoms with E-state index in [1.54, 1.807) is 24.5 Å². The second-order valence-corrected chi connectivity index (χ2v) is 11.4. The summed E-state index contributed by atoms with van der Waals surface area (Å²) in [6.45, 7) is 3.95. The van der Waals surface area contributed by atoms with E-state index in [0.29, 0.717) is 31.4 Å². The number of sulfonamides is 1. The number of aromatic nitrogens is 1. The smallest absolute Gasteiger partial charge is 0.242 e. The summed E-state index contributed by atoms with van der Waals surface area (Å²) in [4.78, 5) is 30.1. The molecular weight excluding hydrogens is 509 g/mol. The Labute approximate surface area is 214 Å². The number of nitrogens with one attached hydrogen (secondary N) is 2. The van der Waals surface area contributed by atoms with E-state index in [-0.39, 0.29) is 25.4 Å².